The largest absolute Gasteiger partial charge is 0.316 e. The Kier molecular flexibility index (Phi) is 4.13. The van der Waals surface area contributed by atoms with Crippen molar-refractivity contribution >= 4 is 21.4 Å². The molecule has 0 radical (unpaired) electrons. The number of fused-ring (bicyclic) bond motifs is 1. The third-order valence-corrected chi connectivity index (χ3v) is 3.81. The minimum atomic E-state index is -0.103. The average molecular weight is 251 g/mol. The first kappa shape index (κ1) is 12.5. The second kappa shape index (κ2) is 5.61. The lowest BCUT2D eigenvalue weighted by molar-refractivity contribution is 0.555. The molecular weight excluding hydrogens is 233 g/mol. The van der Waals surface area contributed by atoms with E-state index in [1.807, 2.05) is 6.07 Å². The lowest BCUT2D eigenvalue weighted by Gasteiger charge is -2.06. The van der Waals surface area contributed by atoms with Gasteiger partial charge in [0.15, 0.2) is 0 Å². The van der Waals surface area contributed by atoms with Crippen LogP contribution in [0.15, 0.2) is 23.6 Å². The minimum Gasteiger partial charge on any atom is -0.316 e. The molecule has 3 heteroatoms. The molecular formula is C14H18FNS. The van der Waals surface area contributed by atoms with Crippen LogP contribution < -0.4 is 5.32 Å². The van der Waals surface area contributed by atoms with Gasteiger partial charge in [0.1, 0.15) is 5.82 Å². The van der Waals surface area contributed by atoms with Crippen molar-refractivity contribution in [3.8, 4) is 0 Å². The van der Waals surface area contributed by atoms with Gasteiger partial charge in [-0.1, -0.05) is 26.0 Å². The molecule has 0 unspecified atom stereocenters. The molecule has 1 aromatic carbocycles. The zero-order valence-corrected chi connectivity index (χ0v) is 11.1. The molecule has 17 heavy (non-hydrogen) atoms. The summed E-state index contributed by atoms with van der Waals surface area (Å²) in [5.41, 5.74) is 1.25. The molecule has 0 amide bonds. The van der Waals surface area contributed by atoms with E-state index in [-0.39, 0.29) is 5.82 Å². The highest BCUT2D eigenvalue weighted by atomic mass is 32.1. The molecule has 0 aliphatic heterocycles. The third-order valence-electron chi connectivity index (χ3n) is 2.76. The highest BCUT2D eigenvalue weighted by Crippen LogP contribution is 2.28. The fourth-order valence-corrected chi connectivity index (χ4v) is 2.89. The highest BCUT2D eigenvalue weighted by Gasteiger charge is 2.07. The van der Waals surface area contributed by atoms with Gasteiger partial charge in [-0.25, -0.2) is 4.39 Å². The molecule has 0 saturated carbocycles. The van der Waals surface area contributed by atoms with Crippen LogP contribution in [0.5, 0.6) is 0 Å². The van der Waals surface area contributed by atoms with Crippen LogP contribution in [0.1, 0.15) is 19.4 Å². The van der Waals surface area contributed by atoms with E-state index in [9.17, 15) is 4.39 Å². The van der Waals surface area contributed by atoms with E-state index in [1.165, 1.54) is 23.0 Å². The maximum absolute atomic E-state index is 13.5. The van der Waals surface area contributed by atoms with Crippen molar-refractivity contribution in [3.05, 3.63) is 35.0 Å². The first-order valence-electron chi connectivity index (χ1n) is 6.04. The summed E-state index contributed by atoms with van der Waals surface area (Å²) in [7, 11) is 0. The molecule has 0 saturated heterocycles. The molecule has 0 fully saturated rings. The van der Waals surface area contributed by atoms with E-state index >= 15 is 0 Å². The summed E-state index contributed by atoms with van der Waals surface area (Å²) in [5, 5.41) is 6.56. The van der Waals surface area contributed by atoms with Gasteiger partial charge >= 0.3 is 0 Å². The van der Waals surface area contributed by atoms with Crippen LogP contribution in [0.3, 0.4) is 0 Å². The van der Waals surface area contributed by atoms with E-state index in [2.05, 4.69) is 24.5 Å². The summed E-state index contributed by atoms with van der Waals surface area (Å²) in [6, 6.07) is 5.32. The zero-order chi connectivity index (χ0) is 12.3. The first-order valence-corrected chi connectivity index (χ1v) is 6.91. The second-order valence-corrected chi connectivity index (χ2v) is 5.61. The summed E-state index contributed by atoms with van der Waals surface area (Å²) >= 11 is 1.50. The van der Waals surface area contributed by atoms with Crippen molar-refractivity contribution in [2.75, 3.05) is 13.1 Å². The monoisotopic (exact) mass is 251 g/mol. The number of halogens is 1. The maximum Gasteiger partial charge on any atom is 0.140 e. The van der Waals surface area contributed by atoms with E-state index in [0.717, 1.165) is 29.6 Å². The lowest BCUT2D eigenvalue weighted by Crippen LogP contribution is -2.21. The van der Waals surface area contributed by atoms with Crippen molar-refractivity contribution in [3.63, 3.8) is 0 Å². The quantitative estimate of drug-likeness (QED) is 0.796. The molecule has 0 aliphatic carbocycles. The van der Waals surface area contributed by atoms with Crippen molar-refractivity contribution in [2.45, 2.75) is 20.3 Å². The summed E-state index contributed by atoms with van der Waals surface area (Å²) in [6.07, 6.45) is 0.968. The predicted molar refractivity (Wildman–Crippen MR) is 73.2 cm³/mol. The molecule has 0 aliphatic rings. The number of hydrogen-bond donors (Lipinski definition) is 1. The van der Waals surface area contributed by atoms with Gasteiger partial charge in [-0.2, -0.15) is 0 Å². The predicted octanol–water partition coefficient (Wildman–Crippen LogP) is 3.83. The van der Waals surface area contributed by atoms with Crippen molar-refractivity contribution in [1.29, 1.82) is 0 Å². The van der Waals surface area contributed by atoms with E-state index in [4.69, 9.17) is 0 Å². The second-order valence-electron chi connectivity index (χ2n) is 4.73. The Labute approximate surface area is 106 Å². The van der Waals surface area contributed by atoms with Crippen LogP contribution in [0.4, 0.5) is 4.39 Å². The number of rotatable bonds is 5. The normalized spacial score (nSPS) is 11.5. The van der Waals surface area contributed by atoms with Gasteiger partial charge in [0.2, 0.25) is 0 Å². The SMILES string of the molecule is CC(C)CNCCc1csc2c(F)cccc12. The smallest absolute Gasteiger partial charge is 0.140 e. The first-order chi connectivity index (χ1) is 8.18. The third kappa shape index (κ3) is 3.05. The van der Waals surface area contributed by atoms with Crippen molar-refractivity contribution < 1.29 is 4.39 Å². The standard InChI is InChI=1S/C14H18FNS/c1-10(2)8-16-7-6-11-9-17-14-12(11)4-3-5-13(14)15/h3-5,9-10,16H,6-8H2,1-2H3. The summed E-state index contributed by atoms with van der Waals surface area (Å²) < 4.78 is 14.3. The Morgan fingerprint density at radius 3 is 2.94 bits per heavy atom. The Morgan fingerprint density at radius 2 is 2.18 bits per heavy atom. The summed E-state index contributed by atoms with van der Waals surface area (Å²) in [6.45, 7) is 6.39. The fourth-order valence-electron chi connectivity index (χ4n) is 1.88. The lowest BCUT2D eigenvalue weighted by atomic mass is 10.1. The molecule has 2 rings (SSSR count). The number of thiophene rings is 1. The molecule has 1 nitrogen and oxygen atoms in total. The zero-order valence-electron chi connectivity index (χ0n) is 10.3. The average Bonchev–Trinajstić information content (AvgIpc) is 2.69. The van der Waals surface area contributed by atoms with Gasteiger partial charge in [-0.3, -0.25) is 0 Å². The van der Waals surface area contributed by atoms with Crippen LogP contribution in [0.25, 0.3) is 10.1 Å². The molecule has 1 N–H and O–H groups in total. The topological polar surface area (TPSA) is 12.0 Å². The summed E-state index contributed by atoms with van der Waals surface area (Å²) in [4.78, 5) is 0. The molecule has 92 valence electrons. The van der Waals surface area contributed by atoms with E-state index in [0.29, 0.717) is 5.92 Å². The van der Waals surface area contributed by atoms with Crippen LogP contribution in [-0.2, 0) is 6.42 Å². The van der Waals surface area contributed by atoms with Crippen LogP contribution >= 0.6 is 11.3 Å². The molecule has 1 aromatic heterocycles. The van der Waals surface area contributed by atoms with Crippen LogP contribution in [0.2, 0.25) is 0 Å². The number of nitrogens with one attached hydrogen (secondary N) is 1. The fraction of sp³-hybridized carbons (Fsp3) is 0.429. The molecule has 0 atom stereocenters. The Morgan fingerprint density at radius 1 is 1.35 bits per heavy atom. The van der Waals surface area contributed by atoms with Gasteiger partial charge in [0.25, 0.3) is 0 Å². The minimum absolute atomic E-state index is 0.103. The van der Waals surface area contributed by atoms with Gasteiger partial charge in [-0.15, -0.1) is 11.3 Å². The van der Waals surface area contributed by atoms with Gasteiger partial charge < -0.3 is 5.32 Å². The molecule has 2 aromatic rings. The van der Waals surface area contributed by atoms with Crippen LogP contribution in [0, 0.1) is 11.7 Å². The van der Waals surface area contributed by atoms with Crippen LogP contribution in [-0.4, -0.2) is 13.1 Å². The van der Waals surface area contributed by atoms with Crippen molar-refractivity contribution in [2.24, 2.45) is 5.92 Å². The molecule has 0 bridgehead atoms. The number of hydrogen-bond acceptors (Lipinski definition) is 2. The molecule has 1 heterocycles. The van der Waals surface area contributed by atoms with Gasteiger partial charge in [-0.05, 0) is 47.8 Å². The highest BCUT2D eigenvalue weighted by molar-refractivity contribution is 7.17. The maximum atomic E-state index is 13.5. The van der Waals surface area contributed by atoms with E-state index in [1.54, 1.807) is 6.07 Å². The summed E-state index contributed by atoms with van der Waals surface area (Å²) in [5.74, 6) is 0.570. The van der Waals surface area contributed by atoms with E-state index < -0.39 is 0 Å². The Balaban J connectivity index is 2.02. The Bertz CT molecular complexity index is 490. The van der Waals surface area contributed by atoms with Gasteiger partial charge in [0.05, 0.1) is 4.70 Å². The Hall–Kier alpha value is -0.930. The molecule has 0 spiro atoms. The van der Waals surface area contributed by atoms with Gasteiger partial charge in [0, 0.05) is 0 Å². The van der Waals surface area contributed by atoms with Crippen molar-refractivity contribution in [1.82, 2.24) is 5.32 Å². The number of benzene rings is 1.